The van der Waals surface area contributed by atoms with Gasteiger partial charge < -0.3 is 0 Å². The fraction of sp³-hybridized carbons (Fsp3) is 0.308. The molecule has 0 saturated carbocycles. The first-order valence-electron chi connectivity index (χ1n) is 6.25. The Labute approximate surface area is 126 Å². The minimum atomic E-state index is -3.54. The van der Waals surface area contributed by atoms with Crippen LogP contribution in [0.15, 0.2) is 33.4 Å². The maximum Gasteiger partial charge on any atom is 0.263 e. The Morgan fingerprint density at radius 3 is 2.95 bits per heavy atom. The molecule has 0 atom stereocenters. The van der Waals surface area contributed by atoms with Crippen molar-refractivity contribution in [3.63, 3.8) is 0 Å². The minimum Gasteiger partial charge on any atom is -0.255 e. The van der Waals surface area contributed by atoms with Crippen molar-refractivity contribution in [2.45, 2.75) is 29.6 Å². The smallest absolute Gasteiger partial charge is 0.255 e. The van der Waals surface area contributed by atoms with E-state index in [-0.39, 0.29) is 0 Å². The van der Waals surface area contributed by atoms with Gasteiger partial charge in [-0.05, 0) is 49.3 Å². The van der Waals surface area contributed by atoms with Crippen LogP contribution < -0.4 is 4.72 Å². The summed E-state index contributed by atoms with van der Waals surface area (Å²) >= 11 is 3.08. The minimum absolute atomic E-state index is 0.312. The van der Waals surface area contributed by atoms with E-state index in [2.05, 4.69) is 9.71 Å². The van der Waals surface area contributed by atoms with E-state index in [4.69, 9.17) is 0 Å². The highest BCUT2D eigenvalue weighted by Crippen LogP contribution is 2.32. The van der Waals surface area contributed by atoms with Crippen molar-refractivity contribution in [3.8, 4) is 0 Å². The summed E-state index contributed by atoms with van der Waals surface area (Å²) in [5, 5.41) is 2.23. The lowest BCUT2D eigenvalue weighted by molar-refractivity contribution is 0.601. The van der Waals surface area contributed by atoms with Crippen LogP contribution in [0.2, 0.25) is 0 Å². The number of fused-ring (bicyclic) bond motifs is 1. The molecule has 0 aliphatic carbocycles. The van der Waals surface area contributed by atoms with Crippen molar-refractivity contribution in [2.75, 3.05) is 10.5 Å². The molecule has 0 radical (unpaired) electrons. The summed E-state index contributed by atoms with van der Waals surface area (Å²) in [6, 6.07) is 5.35. The van der Waals surface area contributed by atoms with Crippen LogP contribution in [0.1, 0.15) is 17.7 Å². The van der Waals surface area contributed by atoms with E-state index in [1.165, 1.54) is 16.2 Å². The molecular formula is C13H14N2O2S3. The third kappa shape index (κ3) is 2.84. The molecule has 2 aromatic rings. The average molecular weight is 326 g/mol. The molecule has 1 aromatic carbocycles. The number of aryl methyl sites for hydroxylation is 2. The van der Waals surface area contributed by atoms with Gasteiger partial charge in [-0.1, -0.05) is 0 Å². The van der Waals surface area contributed by atoms with Crippen LogP contribution in [0.4, 0.5) is 5.13 Å². The number of sulfonamides is 1. The Morgan fingerprint density at radius 1 is 1.35 bits per heavy atom. The van der Waals surface area contributed by atoms with Gasteiger partial charge in [0.15, 0.2) is 5.13 Å². The van der Waals surface area contributed by atoms with Crippen LogP contribution >= 0.6 is 23.1 Å². The first-order valence-corrected chi connectivity index (χ1v) is 9.60. The van der Waals surface area contributed by atoms with Crippen LogP contribution in [0.25, 0.3) is 0 Å². The molecule has 0 amide bonds. The largest absolute Gasteiger partial charge is 0.263 e. The predicted molar refractivity (Wildman–Crippen MR) is 83.1 cm³/mol. The first kappa shape index (κ1) is 13.9. The summed E-state index contributed by atoms with van der Waals surface area (Å²) < 4.78 is 27.2. The molecule has 1 aliphatic rings. The summed E-state index contributed by atoms with van der Waals surface area (Å²) in [6.07, 6.45) is 2.04. The lowest BCUT2D eigenvalue weighted by Crippen LogP contribution is -2.13. The number of rotatable bonds is 3. The summed E-state index contributed by atoms with van der Waals surface area (Å²) in [6.45, 7) is 1.84. The lowest BCUT2D eigenvalue weighted by atomic mass is 10.1. The Kier molecular flexibility index (Phi) is 3.74. The average Bonchev–Trinajstić information content (AvgIpc) is 2.83. The zero-order chi connectivity index (χ0) is 14.2. The van der Waals surface area contributed by atoms with Gasteiger partial charge in [0.25, 0.3) is 10.0 Å². The lowest BCUT2D eigenvalue weighted by Gasteiger charge is -2.16. The molecule has 106 valence electrons. The maximum absolute atomic E-state index is 12.3. The molecule has 1 N–H and O–H groups in total. The second-order valence-electron chi connectivity index (χ2n) is 4.62. The molecule has 1 aromatic heterocycles. The van der Waals surface area contributed by atoms with Gasteiger partial charge in [0.1, 0.15) is 0 Å². The van der Waals surface area contributed by atoms with Gasteiger partial charge in [-0.25, -0.2) is 13.4 Å². The van der Waals surface area contributed by atoms with Gasteiger partial charge in [-0.3, -0.25) is 4.72 Å². The van der Waals surface area contributed by atoms with E-state index < -0.39 is 10.0 Å². The number of aromatic nitrogens is 1. The summed E-state index contributed by atoms with van der Waals surface area (Å²) in [5.41, 5.74) is 1.94. The number of hydrogen-bond donors (Lipinski definition) is 1. The van der Waals surface area contributed by atoms with Crippen LogP contribution in [-0.4, -0.2) is 19.2 Å². The second-order valence-corrected chi connectivity index (χ2v) is 8.30. The predicted octanol–water partition coefficient (Wildman–Crippen LogP) is 3.29. The highest BCUT2D eigenvalue weighted by atomic mass is 32.2. The fourth-order valence-corrected chi connectivity index (χ4v) is 5.09. The van der Waals surface area contributed by atoms with E-state index in [0.29, 0.717) is 10.0 Å². The molecular weight excluding hydrogens is 312 g/mol. The van der Waals surface area contributed by atoms with Gasteiger partial charge >= 0.3 is 0 Å². The molecule has 1 aliphatic heterocycles. The van der Waals surface area contributed by atoms with Crippen molar-refractivity contribution in [3.05, 3.63) is 34.8 Å². The number of nitrogens with zero attached hydrogens (tertiary/aromatic N) is 1. The van der Waals surface area contributed by atoms with E-state index in [1.54, 1.807) is 23.9 Å². The Hall–Kier alpha value is -1.05. The third-order valence-electron chi connectivity index (χ3n) is 3.03. The normalized spacial score (nSPS) is 14.8. The molecule has 4 nitrogen and oxygen atoms in total. The van der Waals surface area contributed by atoms with Gasteiger partial charge in [-0.15, -0.1) is 23.1 Å². The zero-order valence-corrected chi connectivity index (χ0v) is 13.4. The molecule has 20 heavy (non-hydrogen) atoms. The number of nitrogens with one attached hydrogen (secondary N) is 1. The fourth-order valence-electron chi connectivity index (χ4n) is 2.08. The van der Waals surface area contributed by atoms with Crippen molar-refractivity contribution in [2.24, 2.45) is 0 Å². The van der Waals surface area contributed by atoms with Gasteiger partial charge in [0, 0.05) is 10.3 Å². The quantitative estimate of drug-likeness (QED) is 0.940. The number of hydrogen-bond acceptors (Lipinski definition) is 5. The van der Waals surface area contributed by atoms with Gasteiger partial charge in [0.2, 0.25) is 0 Å². The van der Waals surface area contributed by atoms with Gasteiger partial charge in [-0.2, -0.15) is 0 Å². The Bertz CT molecular complexity index is 738. The molecule has 7 heteroatoms. The standard InChI is InChI=1S/C13H14N2O2S3/c1-9-8-19-13(14-9)15-20(16,17)11-4-5-12-10(7-11)3-2-6-18-12/h4-5,7-8H,2-3,6H2,1H3,(H,14,15). The summed E-state index contributed by atoms with van der Waals surface area (Å²) in [5.74, 6) is 1.11. The van der Waals surface area contributed by atoms with Crippen molar-refractivity contribution >= 4 is 38.3 Å². The number of anilines is 1. The van der Waals surface area contributed by atoms with E-state index in [1.807, 2.05) is 18.4 Å². The Morgan fingerprint density at radius 2 is 2.20 bits per heavy atom. The van der Waals surface area contributed by atoms with E-state index >= 15 is 0 Å². The number of thioether (sulfide) groups is 1. The summed E-state index contributed by atoms with van der Waals surface area (Å²) in [7, 11) is -3.54. The number of benzene rings is 1. The molecule has 0 bridgehead atoms. The van der Waals surface area contributed by atoms with E-state index in [9.17, 15) is 8.42 Å². The molecule has 0 unspecified atom stereocenters. The topological polar surface area (TPSA) is 59.1 Å². The molecule has 0 saturated heterocycles. The highest BCUT2D eigenvalue weighted by Gasteiger charge is 2.19. The molecule has 2 heterocycles. The van der Waals surface area contributed by atoms with E-state index in [0.717, 1.165) is 29.9 Å². The van der Waals surface area contributed by atoms with Crippen LogP contribution in [0.3, 0.4) is 0 Å². The first-order chi connectivity index (χ1) is 9.54. The summed E-state index contributed by atoms with van der Waals surface area (Å²) in [4.78, 5) is 5.64. The monoisotopic (exact) mass is 326 g/mol. The van der Waals surface area contributed by atoms with Crippen LogP contribution in [0.5, 0.6) is 0 Å². The molecule has 0 spiro atoms. The number of thiazole rings is 1. The zero-order valence-electron chi connectivity index (χ0n) is 10.9. The van der Waals surface area contributed by atoms with Crippen molar-refractivity contribution in [1.29, 1.82) is 0 Å². The van der Waals surface area contributed by atoms with Crippen molar-refractivity contribution in [1.82, 2.24) is 4.98 Å². The van der Waals surface area contributed by atoms with Crippen molar-refractivity contribution < 1.29 is 8.42 Å². The van der Waals surface area contributed by atoms with Gasteiger partial charge in [0.05, 0.1) is 10.6 Å². The third-order valence-corrected chi connectivity index (χ3v) is 6.57. The highest BCUT2D eigenvalue weighted by molar-refractivity contribution is 7.99. The Balaban J connectivity index is 1.91. The SMILES string of the molecule is Cc1csc(NS(=O)(=O)c2ccc3c(c2)CCCS3)n1. The van der Waals surface area contributed by atoms with Crippen LogP contribution in [0, 0.1) is 6.92 Å². The molecule has 3 rings (SSSR count). The maximum atomic E-state index is 12.3. The molecule has 0 fully saturated rings. The van der Waals surface area contributed by atoms with Crippen LogP contribution in [-0.2, 0) is 16.4 Å². The second kappa shape index (κ2) is 5.38.